The van der Waals surface area contributed by atoms with E-state index in [2.05, 4.69) is 35.9 Å². The molecule has 4 aromatic carbocycles. The van der Waals surface area contributed by atoms with Gasteiger partial charge in [0, 0.05) is 39.8 Å². The third-order valence-electron chi connectivity index (χ3n) is 6.42. The van der Waals surface area contributed by atoms with Crippen LogP contribution in [0.25, 0.3) is 32.9 Å². The third kappa shape index (κ3) is 9.41. The molecule has 2 heterocycles. The Labute approximate surface area is 284 Å². The van der Waals surface area contributed by atoms with Gasteiger partial charge in [-0.25, -0.2) is 19.9 Å². The molecule has 0 radical (unpaired) electrons. The normalized spacial score (nSPS) is 10.3. The Morgan fingerprint density at radius 3 is 1.52 bits per heavy atom. The summed E-state index contributed by atoms with van der Waals surface area (Å²) in [6, 6.07) is 22.2. The standard InChI is InChI=1S/C16H13ClN2O2.C8H11BO4.C8H4BrClN2/c1-20-13-6-11(7-14(8-13)21-2)10-3-4-15-12(5-10)9-18-16(17)19-15;1-12-7-3-6(9(10)11)4-8(5-7)13-2;9-6-1-2-7-5(3-6)4-11-8(10)12-7/h3-9H,1-2H3;3-5,10-11H,1-2H3;1-4H. The fourth-order valence-electron chi connectivity index (χ4n) is 4.12. The van der Waals surface area contributed by atoms with Crippen LogP contribution < -0.4 is 24.4 Å². The lowest BCUT2D eigenvalue weighted by molar-refractivity contribution is 0.392. The predicted octanol–water partition coefficient (Wildman–Crippen LogP) is 6.40. The Morgan fingerprint density at radius 2 is 1.04 bits per heavy atom. The summed E-state index contributed by atoms with van der Waals surface area (Å²) < 4.78 is 21.5. The van der Waals surface area contributed by atoms with E-state index < -0.39 is 7.12 Å². The molecule has 0 bridgehead atoms. The van der Waals surface area contributed by atoms with Gasteiger partial charge in [-0.2, -0.15) is 0 Å². The molecule has 10 nitrogen and oxygen atoms in total. The first-order valence-electron chi connectivity index (χ1n) is 13.4. The Morgan fingerprint density at radius 1 is 0.587 bits per heavy atom. The van der Waals surface area contributed by atoms with Gasteiger partial charge in [0.2, 0.25) is 10.6 Å². The van der Waals surface area contributed by atoms with E-state index in [-0.39, 0.29) is 10.6 Å². The van der Waals surface area contributed by atoms with Crippen LogP contribution in [0.4, 0.5) is 0 Å². The maximum absolute atomic E-state index is 8.91. The van der Waals surface area contributed by atoms with Gasteiger partial charge in [0.15, 0.2) is 0 Å². The molecule has 46 heavy (non-hydrogen) atoms. The van der Waals surface area contributed by atoms with Crippen molar-refractivity contribution in [3.05, 3.63) is 100 Å². The van der Waals surface area contributed by atoms with Gasteiger partial charge in [-0.3, -0.25) is 0 Å². The van der Waals surface area contributed by atoms with E-state index in [4.69, 9.17) is 52.2 Å². The van der Waals surface area contributed by atoms with Gasteiger partial charge in [-0.15, -0.1) is 0 Å². The largest absolute Gasteiger partial charge is 0.497 e. The lowest BCUT2D eigenvalue weighted by Gasteiger charge is -2.09. The molecule has 0 aliphatic carbocycles. The highest BCUT2D eigenvalue weighted by molar-refractivity contribution is 9.10. The summed E-state index contributed by atoms with van der Waals surface area (Å²) >= 11 is 14.8. The molecule has 0 saturated heterocycles. The summed E-state index contributed by atoms with van der Waals surface area (Å²) in [5.41, 5.74) is 4.05. The van der Waals surface area contributed by atoms with Crippen LogP contribution in [0.3, 0.4) is 0 Å². The quantitative estimate of drug-likeness (QED) is 0.147. The minimum Gasteiger partial charge on any atom is -0.497 e. The molecular weight excluding hydrogens is 698 g/mol. The van der Waals surface area contributed by atoms with Gasteiger partial charge < -0.3 is 29.0 Å². The first-order chi connectivity index (χ1) is 22.1. The number of nitrogens with zero attached hydrogens (tertiary/aromatic N) is 4. The van der Waals surface area contributed by atoms with Crippen LogP contribution in [0.15, 0.2) is 89.7 Å². The molecule has 0 spiro atoms. The SMILES string of the molecule is COc1cc(OC)cc(-c2ccc3nc(Cl)ncc3c2)c1.COc1cc(OC)cc(B(O)O)c1.Clc1ncc2cc(Br)ccc2n1. The summed E-state index contributed by atoms with van der Waals surface area (Å²) in [5, 5.41) is 20.3. The molecule has 0 saturated carbocycles. The number of methoxy groups -OCH3 is 4. The molecule has 0 aliphatic rings. The van der Waals surface area contributed by atoms with Crippen LogP contribution in [0.2, 0.25) is 10.6 Å². The molecule has 0 aliphatic heterocycles. The van der Waals surface area contributed by atoms with Gasteiger partial charge >= 0.3 is 7.12 Å². The van der Waals surface area contributed by atoms with Gasteiger partial charge in [-0.05, 0) is 94.4 Å². The van der Waals surface area contributed by atoms with Crippen molar-refractivity contribution in [3.8, 4) is 34.1 Å². The molecule has 2 aromatic heterocycles. The summed E-state index contributed by atoms with van der Waals surface area (Å²) in [6.07, 6.45) is 3.42. The van der Waals surface area contributed by atoms with Crippen LogP contribution >= 0.6 is 39.1 Å². The van der Waals surface area contributed by atoms with Crippen LogP contribution in [0, 0.1) is 0 Å². The summed E-state index contributed by atoms with van der Waals surface area (Å²) in [6.45, 7) is 0. The number of hydrogen-bond donors (Lipinski definition) is 2. The number of halogens is 3. The number of ether oxygens (including phenoxy) is 4. The molecule has 6 rings (SSSR count). The van der Waals surface area contributed by atoms with Crippen molar-refractivity contribution in [1.82, 2.24) is 19.9 Å². The summed E-state index contributed by atoms with van der Waals surface area (Å²) in [7, 11) is 4.76. The van der Waals surface area contributed by atoms with E-state index in [0.29, 0.717) is 17.0 Å². The fourth-order valence-corrected chi connectivity index (χ4v) is 4.78. The second kappa shape index (κ2) is 16.4. The molecule has 0 amide bonds. The monoisotopic (exact) mass is 724 g/mol. The Bertz CT molecular complexity index is 1870. The lowest BCUT2D eigenvalue weighted by Crippen LogP contribution is -2.29. The van der Waals surface area contributed by atoms with Gasteiger partial charge in [0.05, 0.1) is 39.5 Å². The zero-order chi connectivity index (χ0) is 33.2. The third-order valence-corrected chi connectivity index (χ3v) is 7.28. The molecule has 6 aromatic rings. The highest BCUT2D eigenvalue weighted by Crippen LogP contribution is 2.31. The number of fused-ring (bicyclic) bond motifs is 2. The highest BCUT2D eigenvalue weighted by atomic mass is 79.9. The molecule has 0 atom stereocenters. The minimum absolute atomic E-state index is 0.248. The van der Waals surface area contributed by atoms with Crippen LogP contribution in [-0.4, -0.2) is 65.5 Å². The Kier molecular flexibility index (Phi) is 12.4. The summed E-state index contributed by atoms with van der Waals surface area (Å²) in [4.78, 5) is 16.1. The van der Waals surface area contributed by atoms with Gasteiger partial charge in [-0.1, -0.05) is 22.0 Å². The van der Waals surface area contributed by atoms with Crippen LogP contribution in [0.1, 0.15) is 0 Å². The summed E-state index contributed by atoms with van der Waals surface area (Å²) in [5.74, 6) is 2.55. The number of rotatable bonds is 6. The van der Waals surface area contributed by atoms with Crippen molar-refractivity contribution in [3.63, 3.8) is 0 Å². The van der Waals surface area contributed by atoms with Crippen LogP contribution in [-0.2, 0) is 0 Å². The van der Waals surface area contributed by atoms with Crippen LogP contribution in [0.5, 0.6) is 23.0 Å². The maximum Gasteiger partial charge on any atom is 0.488 e. The molecule has 0 unspecified atom stereocenters. The number of hydrogen-bond acceptors (Lipinski definition) is 10. The van der Waals surface area contributed by atoms with E-state index in [1.54, 1.807) is 32.7 Å². The average Bonchev–Trinajstić information content (AvgIpc) is 3.08. The topological polar surface area (TPSA) is 129 Å². The molecule has 236 valence electrons. The van der Waals surface area contributed by atoms with Crippen molar-refractivity contribution in [2.45, 2.75) is 0 Å². The number of benzene rings is 4. The van der Waals surface area contributed by atoms with Crippen molar-refractivity contribution >= 4 is 73.5 Å². The number of aromatic nitrogens is 4. The minimum atomic E-state index is -1.51. The Balaban J connectivity index is 0.000000166. The van der Waals surface area contributed by atoms with Crippen molar-refractivity contribution < 1.29 is 29.0 Å². The van der Waals surface area contributed by atoms with E-state index in [1.807, 2.05) is 54.6 Å². The molecular formula is C32H28BBrCl2N4O6. The van der Waals surface area contributed by atoms with E-state index in [9.17, 15) is 0 Å². The first-order valence-corrected chi connectivity index (χ1v) is 15.0. The average molecular weight is 726 g/mol. The van der Waals surface area contributed by atoms with Crippen molar-refractivity contribution in [2.24, 2.45) is 0 Å². The van der Waals surface area contributed by atoms with E-state index in [1.165, 1.54) is 26.4 Å². The van der Waals surface area contributed by atoms with Crippen molar-refractivity contribution in [2.75, 3.05) is 28.4 Å². The maximum atomic E-state index is 8.91. The fraction of sp³-hybridized carbons (Fsp3) is 0.125. The second-order valence-corrected chi connectivity index (χ2v) is 11.0. The Hall–Kier alpha value is -4.20. The lowest BCUT2D eigenvalue weighted by atomic mass is 9.80. The molecule has 14 heteroatoms. The van der Waals surface area contributed by atoms with E-state index in [0.717, 1.165) is 48.9 Å². The smallest absolute Gasteiger partial charge is 0.488 e. The van der Waals surface area contributed by atoms with Gasteiger partial charge in [0.1, 0.15) is 23.0 Å². The van der Waals surface area contributed by atoms with Gasteiger partial charge in [0.25, 0.3) is 0 Å². The molecule has 2 N–H and O–H groups in total. The molecule has 0 fully saturated rings. The van der Waals surface area contributed by atoms with Crippen molar-refractivity contribution in [1.29, 1.82) is 0 Å². The zero-order valence-corrected chi connectivity index (χ0v) is 28.2. The second-order valence-electron chi connectivity index (χ2n) is 9.38. The highest BCUT2D eigenvalue weighted by Gasteiger charge is 2.13. The first kappa shape index (κ1) is 34.7. The zero-order valence-electron chi connectivity index (χ0n) is 25.1. The van der Waals surface area contributed by atoms with E-state index >= 15 is 0 Å². The predicted molar refractivity (Wildman–Crippen MR) is 185 cm³/mol.